The molecule has 4 aromatic rings. The van der Waals surface area contributed by atoms with Gasteiger partial charge in [-0.25, -0.2) is 10.3 Å². The van der Waals surface area contributed by atoms with Crippen LogP contribution in [-0.2, 0) is 17.8 Å². The Kier molecular flexibility index (Phi) is 7.94. The van der Waals surface area contributed by atoms with Crippen molar-refractivity contribution in [2.24, 2.45) is 0 Å². The van der Waals surface area contributed by atoms with E-state index in [1.165, 1.54) is 11.3 Å². The van der Waals surface area contributed by atoms with Gasteiger partial charge in [-0.15, -0.1) is 11.3 Å². The molecule has 0 aliphatic rings. The molecule has 0 spiro atoms. The molecule has 0 aliphatic carbocycles. The first-order valence-corrected chi connectivity index (χ1v) is 12.2. The molecule has 36 heavy (non-hydrogen) atoms. The standard InChI is InChI=1S/C27H26N4O4S/c1-17-7-9-19(10-8-17)16-28-27(34)30-22(13-18-5-3-2-4-6-18)25(32)29-21-11-12-23-20(14-21)15-24(36-23)26(33)31-35/h2-12,14-15,22,35H,13,16H2,1H3,(H,29,32)(H,31,33)(H2,28,30,34). The van der Waals surface area contributed by atoms with Crippen molar-refractivity contribution >= 4 is 45.0 Å². The van der Waals surface area contributed by atoms with Gasteiger partial charge in [0.2, 0.25) is 5.91 Å². The SMILES string of the molecule is Cc1ccc(CNC(=O)NC(Cc2ccccc2)C(=O)Nc2ccc3sc(C(=O)NO)cc3c2)cc1. The molecule has 9 heteroatoms. The van der Waals surface area contributed by atoms with Crippen LogP contribution >= 0.6 is 11.3 Å². The molecule has 0 saturated heterocycles. The van der Waals surface area contributed by atoms with Gasteiger partial charge in [-0.05, 0) is 47.7 Å². The zero-order valence-electron chi connectivity index (χ0n) is 19.6. The summed E-state index contributed by atoms with van der Waals surface area (Å²) in [6.07, 6.45) is 0.312. The first-order chi connectivity index (χ1) is 17.4. The Morgan fingerprint density at radius 1 is 0.917 bits per heavy atom. The quantitative estimate of drug-likeness (QED) is 0.181. The summed E-state index contributed by atoms with van der Waals surface area (Å²) < 4.78 is 0.834. The second-order valence-corrected chi connectivity index (χ2v) is 9.43. The summed E-state index contributed by atoms with van der Waals surface area (Å²) in [6.45, 7) is 2.34. The van der Waals surface area contributed by atoms with Gasteiger partial charge in [-0.1, -0.05) is 60.2 Å². The Morgan fingerprint density at radius 3 is 2.39 bits per heavy atom. The lowest BCUT2D eigenvalue weighted by Crippen LogP contribution is -2.49. The van der Waals surface area contributed by atoms with Crippen LogP contribution in [0.25, 0.3) is 10.1 Å². The maximum absolute atomic E-state index is 13.2. The van der Waals surface area contributed by atoms with Gasteiger partial charge in [0, 0.05) is 23.4 Å². The molecule has 0 saturated carbocycles. The molecule has 0 radical (unpaired) electrons. The Morgan fingerprint density at radius 2 is 1.67 bits per heavy atom. The number of hydrogen-bond acceptors (Lipinski definition) is 5. The van der Waals surface area contributed by atoms with Gasteiger partial charge in [0.25, 0.3) is 5.91 Å². The average molecular weight is 503 g/mol. The molecule has 0 fully saturated rings. The number of rotatable bonds is 8. The molecule has 5 N–H and O–H groups in total. The fraction of sp³-hybridized carbons (Fsp3) is 0.148. The molecule has 4 amide bonds. The predicted molar refractivity (Wildman–Crippen MR) is 140 cm³/mol. The minimum atomic E-state index is -0.820. The summed E-state index contributed by atoms with van der Waals surface area (Å²) in [5, 5.41) is 18.1. The number of urea groups is 1. The lowest BCUT2D eigenvalue weighted by molar-refractivity contribution is -0.117. The van der Waals surface area contributed by atoms with Crippen LogP contribution in [0.15, 0.2) is 78.9 Å². The number of carbonyl (C=O) groups excluding carboxylic acids is 3. The molecule has 3 aromatic carbocycles. The molecule has 1 aromatic heterocycles. The van der Waals surface area contributed by atoms with Gasteiger partial charge in [0.05, 0.1) is 4.88 Å². The lowest BCUT2D eigenvalue weighted by atomic mass is 10.1. The van der Waals surface area contributed by atoms with E-state index in [0.717, 1.165) is 26.8 Å². The topological polar surface area (TPSA) is 120 Å². The van der Waals surface area contributed by atoms with E-state index in [-0.39, 0.29) is 5.91 Å². The fourth-order valence-corrected chi connectivity index (χ4v) is 4.61. The minimum absolute atomic E-state index is 0.312. The van der Waals surface area contributed by atoms with Crippen LogP contribution in [0.4, 0.5) is 10.5 Å². The zero-order valence-corrected chi connectivity index (χ0v) is 20.4. The van der Waals surface area contributed by atoms with Gasteiger partial charge < -0.3 is 16.0 Å². The van der Waals surface area contributed by atoms with Crippen molar-refractivity contribution < 1.29 is 19.6 Å². The highest BCUT2D eigenvalue weighted by atomic mass is 32.1. The predicted octanol–water partition coefficient (Wildman–Crippen LogP) is 4.38. The molecule has 1 atom stereocenters. The summed E-state index contributed by atoms with van der Waals surface area (Å²) in [5.74, 6) is -0.960. The summed E-state index contributed by atoms with van der Waals surface area (Å²) in [6, 6.07) is 22.9. The van der Waals surface area contributed by atoms with Crippen LogP contribution in [0.3, 0.4) is 0 Å². The van der Waals surface area contributed by atoms with Crippen LogP contribution in [0.1, 0.15) is 26.4 Å². The van der Waals surface area contributed by atoms with Crippen molar-refractivity contribution in [2.45, 2.75) is 25.9 Å². The molecule has 8 nitrogen and oxygen atoms in total. The van der Waals surface area contributed by atoms with Crippen molar-refractivity contribution in [3.63, 3.8) is 0 Å². The Hall–Kier alpha value is -4.21. The maximum Gasteiger partial charge on any atom is 0.315 e. The number of hydroxylamine groups is 1. The summed E-state index contributed by atoms with van der Waals surface area (Å²) in [7, 11) is 0. The second kappa shape index (κ2) is 11.5. The highest BCUT2D eigenvalue weighted by molar-refractivity contribution is 7.20. The molecule has 0 aliphatic heterocycles. The van der Waals surface area contributed by atoms with Gasteiger partial charge in [-0.2, -0.15) is 0 Å². The first-order valence-electron chi connectivity index (χ1n) is 11.3. The van der Waals surface area contributed by atoms with Gasteiger partial charge in [0.15, 0.2) is 0 Å². The third-order valence-corrected chi connectivity index (χ3v) is 6.70. The van der Waals surface area contributed by atoms with E-state index >= 15 is 0 Å². The monoisotopic (exact) mass is 502 g/mol. The number of carbonyl (C=O) groups is 3. The largest absolute Gasteiger partial charge is 0.334 e. The number of anilines is 1. The zero-order chi connectivity index (χ0) is 25.5. The van der Waals surface area contributed by atoms with E-state index < -0.39 is 18.0 Å². The number of hydrogen-bond donors (Lipinski definition) is 5. The van der Waals surface area contributed by atoms with Crippen molar-refractivity contribution in [1.29, 1.82) is 0 Å². The van der Waals surface area contributed by atoms with E-state index in [2.05, 4.69) is 16.0 Å². The normalized spacial score (nSPS) is 11.5. The van der Waals surface area contributed by atoms with Crippen molar-refractivity contribution in [2.75, 3.05) is 5.32 Å². The number of thiophene rings is 1. The highest BCUT2D eigenvalue weighted by Gasteiger charge is 2.22. The second-order valence-electron chi connectivity index (χ2n) is 8.35. The van der Waals surface area contributed by atoms with Crippen LogP contribution < -0.4 is 21.4 Å². The van der Waals surface area contributed by atoms with E-state index in [1.807, 2.05) is 61.5 Å². The molecule has 4 rings (SSSR count). The van der Waals surface area contributed by atoms with Gasteiger partial charge in [-0.3, -0.25) is 14.8 Å². The van der Waals surface area contributed by atoms with E-state index in [9.17, 15) is 14.4 Å². The van der Waals surface area contributed by atoms with Crippen molar-refractivity contribution in [3.05, 3.63) is 100 Å². The third-order valence-electron chi connectivity index (χ3n) is 5.59. The van der Waals surface area contributed by atoms with Crippen LogP contribution in [-0.4, -0.2) is 29.1 Å². The van der Waals surface area contributed by atoms with Gasteiger partial charge >= 0.3 is 6.03 Å². The van der Waals surface area contributed by atoms with E-state index in [1.54, 1.807) is 29.7 Å². The van der Waals surface area contributed by atoms with Crippen LogP contribution in [0.5, 0.6) is 0 Å². The van der Waals surface area contributed by atoms with Crippen molar-refractivity contribution in [3.8, 4) is 0 Å². The molecular weight excluding hydrogens is 476 g/mol. The summed E-state index contributed by atoms with van der Waals surface area (Å²) in [4.78, 5) is 37.9. The Balaban J connectivity index is 1.46. The smallest absolute Gasteiger partial charge is 0.315 e. The molecule has 1 unspecified atom stereocenters. The molecule has 184 valence electrons. The van der Waals surface area contributed by atoms with Crippen LogP contribution in [0.2, 0.25) is 0 Å². The van der Waals surface area contributed by atoms with E-state index in [4.69, 9.17) is 5.21 Å². The Labute approximate surface area is 212 Å². The average Bonchev–Trinajstić information content (AvgIpc) is 3.31. The minimum Gasteiger partial charge on any atom is -0.334 e. The number of amides is 4. The Bertz CT molecular complexity index is 1370. The maximum atomic E-state index is 13.2. The number of fused-ring (bicyclic) bond motifs is 1. The third kappa shape index (κ3) is 6.47. The fourth-order valence-electron chi connectivity index (χ4n) is 3.67. The number of aryl methyl sites for hydroxylation is 1. The van der Waals surface area contributed by atoms with Crippen LogP contribution in [0, 0.1) is 6.92 Å². The highest BCUT2D eigenvalue weighted by Crippen LogP contribution is 2.28. The summed E-state index contributed by atoms with van der Waals surface area (Å²) in [5.41, 5.74) is 5.15. The lowest BCUT2D eigenvalue weighted by Gasteiger charge is -2.19. The van der Waals surface area contributed by atoms with Gasteiger partial charge in [0.1, 0.15) is 6.04 Å². The number of benzene rings is 3. The molecule has 0 bridgehead atoms. The van der Waals surface area contributed by atoms with Crippen molar-refractivity contribution in [1.82, 2.24) is 16.1 Å². The van der Waals surface area contributed by atoms with E-state index in [0.29, 0.717) is 23.5 Å². The summed E-state index contributed by atoms with van der Waals surface area (Å²) >= 11 is 1.23. The molecule has 1 heterocycles. The first kappa shape index (κ1) is 24.9. The molecular formula is C27H26N4O4S. The number of nitrogens with one attached hydrogen (secondary N) is 4.